The Bertz CT molecular complexity index is 1310. The van der Waals surface area contributed by atoms with Crippen molar-refractivity contribution in [3.63, 3.8) is 0 Å². The summed E-state index contributed by atoms with van der Waals surface area (Å²) in [6.07, 6.45) is 7.66. The van der Waals surface area contributed by atoms with Crippen molar-refractivity contribution in [3.05, 3.63) is 75.0 Å². The fourth-order valence-corrected chi connectivity index (χ4v) is 6.42. The molecule has 2 aromatic heterocycles. The first-order valence-corrected chi connectivity index (χ1v) is 12.6. The highest BCUT2D eigenvalue weighted by Crippen LogP contribution is 2.38. The Kier molecular flexibility index (Phi) is 5.92. The van der Waals surface area contributed by atoms with Crippen molar-refractivity contribution in [2.45, 2.75) is 48.6 Å². The summed E-state index contributed by atoms with van der Waals surface area (Å²) in [6, 6.07) is 13.8. The number of carbonyl (C=O) groups excluding carboxylic acids is 1. The van der Waals surface area contributed by atoms with Gasteiger partial charge in [-0.25, -0.2) is 4.98 Å². The minimum Gasteiger partial charge on any atom is -0.290 e. The second kappa shape index (κ2) is 8.84. The maximum atomic E-state index is 13.5. The van der Waals surface area contributed by atoms with E-state index in [1.54, 1.807) is 21.6 Å². The largest absolute Gasteiger partial charge is 0.290 e. The number of aromatic nitrogens is 2. The van der Waals surface area contributed by atoms with Gasteiger partial charge in [-0.1, -0.05) is 72.8 Å². The zero-order chi connectivity index (χ0) is 22.2. The SMILES string of the molecule is Cc1ccc2nc(Sc3ccccc3)c(/C=C3/SC(=S)N(C4CCCC4)C3=O)c(=O)n2c1. The van der Waals surface area contributed by atoms with Gasteiger partial charge in [-0.05, 0) is 49.6 Å². The van der Waals surface area contributed by atoms with Crippen molar-refractivity contribution in [2.75, 3.05) is 0 Å². The van der Waals surface area contributed by atoms with Gasteiger partial charge in [0.2, 0.25) is 0 Å². The van der Waals surface area contributed by atoms with Crippen LogP contribution in [0, 0.1) is 6.92 Å². The number of hydrogen-bond acceptors (Lipinski definition) is 6. The van der Waals surface area contributed by atoms with Gasteiger partial charge in [0.25, 0.3) is 11.5 Å². The lowest BCUT2D eigenvalue weighted by Gasteiger charge is -2.21. The van der Waals surface area contributed by atoms with Crippen molar-refractivity contribution in [2.24, 2.45) is 0 Å². The number of rotatable bonds is 4. The van der Waals surface area contributed by atoms with Crippen LogP contribution in [0.5, 0.6) is 0 Å². The smallest absolute Gasteiger partial charge is 0.266 e. The molecule has 0 radical (unpaired) electrons. The maximum absolute atomic E-state index is 13.5. The summed E-state index contributed by atoms with van der Waals surface area (Å²) in [5.74, 6) is -0.101. The molecule has 1 saturated carbocycles. The van der Waals surface area contributed by atoms with Gasteiger partial charge in [0.05, 0.1) is 10.5 Å². The van der Waals surface area contributed by atoms with E-state index >= 15 is 0 Å². The van der Waals surface area contributed by atoms with Gasteiger partial charge < -0.3 is 0 Å². The lowest BCUT2D eigenvalue weighted by Crippen LogP contribution is -2.36. The third-order valence-corrected chi connectivity index (χ3v) is 8.06. The van der Waals surface area contributed by atoms with E-state index in [1.807, 2.05) is 49.4 Å². The van der Waals surface area contributed by atoms with Gasteiger partial charge in [-0.15, -0.1) is 0 Å². The minimum absolute atomic E-state index is 0.101. The predicted octanol–water partition coefficient (Wildman–Crippen LogP) is 5.30. The van der Waals surface area contributed by atoms with Gasteiger partial charge in [-0.2, -0.15) is 0 Å². The molecule has 0 N–H and O–H groups in total. The van der Waals surface area contributed by atoms with Gasteiger partial charge >= 0.3 is 0 Å². The number of hydrogen-bond donors (Lipinski definition) is 0. The van der Waals surface area contributed by atoms with Gasteiger partial charge in [-0.3, -0.25) is 18.9 Å². The molecule has 32 heavy (non-hydrogen) atoms. The molecule has 0 bridgehead atoms. The van der Waals surface area contributed by atoms with E-state index in [-0.39, 0.29) is 17.5 Å². The number of pyridine rings is 1. The van der Waals surface area contributed by atoms with Crippen molar-refractivity contribution < 1.29 is 4.79 Å². The summed E-state index contributed by atoms with van der Waals surface area (Å²) in [5, 5.41) is 0.580. The van der Waals surface area contributed by atoms with Crippen molar-refractivity contribution in [1.29, 1.82) is 0 Å². The Labute approximate surface area is 199 Å². The standard InChI is InChI=1S/C24H21N3O2S3/c1-15-11-12-20-25-21(31-17-9-3-2-4-10-17)18(22(28)26(20)14-15)13-19-23(29)27(24(30)32-19)16-7-5-6-8-16/h2-4,9-14,16H,5-8H2,1H3/b19-13+. The molecule has 3 heterocycles. The summed E-state index contributed by atoms with van der Waals surface area (Å²) in [7, 11) is 0. The second-order valence-electron chi connectivity index (χ2n) is 7.98. The molecule has 1 aromatic carbocycles. The molecule has 2 fully saturated rings. The molecule has 1 aliphatic heterocycles. The first-order chi connectivity index (χ1) is 15.5. The monoisotopic (exact) mass is 479 g/mol. The number of amides is 1. The fraction of sp³-hybridized carbons (Fsp3) is 0.250. The highest BCUT2D eigenvalue weighted by atomic mass is 32.2. The van der Waals surface area contributed by atoms with Gasteiger partial charge in [0.15, 0.2) is 0 Å². The Balaban J connectivity index is 1.62. The number of carbonyl (C=O) groups is 1. The Morgan fingerprint density at radius 3 is 2.62 bits per heavy atom. The predicted molar refractivity (Wildman–Crippen MR) is 134 cm³/mol. The molecule has 0 spiro atoms. The van der Waals surface area contributed by atoms with Gasteiger partial charge in [0, 0.05) is 17.1 Å². The Morgan fingerprint density at radius 1 is 1.12 bits per heavy atom. The molecule has 0 unspecified atom stereocenters. The highest BCUT2D eigenvalue weighted by molar-refractivity contribution is 8.26. The van der Waals surface area contributed by atoms with Crippen molar-refractivity contribution in [1.82, 2.24) is 14.3 Å². The van der Waals surface area contributed by atoms with Crippen LogP contribution in [0.1, 0.15) is 36.8 Å². The van der Waals surface area contributed by atoms with E-state index in [0.29, 0.717) is 25.5 Å². The number of benzene rings is 1. The van der Waals surface area contributed by atoms with E-state index in [0.717, 1.165) is 36.1 Å². The molecule has 5 rings (SSSR count). The minimum atomic E-state index is -0.191. The van der Waals surface area contributed by atoms with Crippen LogP contribution in [0.4, 0.5) is 0 Å². The van der Waals surface area contributed by atoms with E-state index in [4.69, 9.17) is 17.2 Å². The molecule has 3 aromatic rings. The number of thioether (sulfide) groups is 1. The van der Waals surface area contributed by atoms with Crippen LogP contribution in [-0.4, -0.2) is 30.6 Å². The molecule has 5 nitrogen and oxygen atoms in total. The number of thiocarbonyl (C=S) groups is 1. The number of fused-ring (bicyclic) bond motifs is 1. The maximum Gasteiger partial charge on any atom is 0.266 e. The molecular weight excluding hydrogens is 458 g/mol. The topological polar surface area (TPSA) is 54.7 Å². The lowest BCUT2D eigenvalue weighted by molar-refractivity contribution is -0.123. The Hall–Kier alpha value is -2.42. The molecule has 162 valence electrons. The molecular formula is C24H21N3O2S3. The van der Waals surface area contributed by atoms with Crippen LogP contribution in [-0.2, 0) is 4.79 Å². The van der Waals surface area contributed by atoms with Gasteiger partial charge in [0.1, 0.15) is 15.0 Å². The molecule has 8 heteroatoms. The molecule has 2 aliphatic rings. The lowest BCUT2D eigenvalue weighted by atomic mass is 10.2. The first-order valence-electron chi connectivity index (χ1n) is 10.5. The molecule has 0 atom stereocenters. The zero-order valence-corrected chi connectivity index (χ0v) is 19.9. The summed E-state index contributed by atoms with van der Waals surface area (Å²) >= 11 is 8.24. The average Bonchev–Trinajstić information content (AvgIpc) is 3.40. The van der Waals surface area contributed by atoms with E-state index in [1.165, 1.54) is 23.5 Å². The summed E-state index contributed by atoms with van der Waals surface area (Å²) in [6.45, 7) is 1.94. The van der Waals surface area contributed by atoms with Crippen LogP contribution in [0.25, 0.3) is 11.7 Å². The average molecular weight is 480 g/mol. The highest BCUT2D eigenvalue weighted by Gasteiger charge is 2.38. The fourth-order valence-electron chi connectivity index (χ4n) is 4.13. The molecule has 1 aliphatic carbocycles. The first kappa shape index (κ1) is 21.4. The van der Waals surface area contributed by atoms with E-state index in [9.17, 15) is 9.59 Å². The third kappa shape index (κ3) is 4.02. The Morgan fingerprint density at radius 2 is 1.88 bits per heavy atom. The quantitative estimate of drug-likeness (QED) is 0.288. The van der Waals surface area contributed by atoms with Crippen LogP contribution in [0.15, 0.2) is 68.3 Å². The van der Waals surface area contributed by atoms with E-state index in [2.05, 4.69) is 0 Å². The summed E-state index contributed by atoms with van der Waals surface area (Å²) in [4.78, 5) is 34.7. The number of aryl methyl sites for hydroxylation is 1. The number of nitrogens with zero attached hydrogens (tertiary/aromatic N) is 3. The zero-order valence-electron chi connectivity index (χ0n) is 17.5. The second-order valence-corrected chi connectivity index (χ2v) is 10.7. The van der Waals surface area contributed by atoms with Crippen LogP contribution < -0.4 is 5.56 Å². The van der Waals surface area contributed by atoms with Crippen LogP contribution in [0.3, 0.4) is 0 Å². The third-order valence-electron chi connectivity index (χ3n) is 5.72. The van der Waals surface area contributed by atoms with E-state index < -0.39 is 0 Å². The van der Waals surface area contributed by atoms with Crippen molar-refractivity contribution >= 4 is 57.7 Å². The molecule has 1 saturated heterocycles. The molecule has 1 amide bonds. The van der Waals surface area contributed by atoms with Crippen LogP contribution in [0.2, 0.25) is 0 Å². The van der Waals surface area contributed by atoms with Crippen LogP contribution >= 0.6 is 35.7 Å². The summed E-state index contributed by atoms with van der Waals surface area (Å²) in [5.41, 5.74) is 1.76. The van der Waals surface area contributed by atoms with Crippen molar-refractivity contribution in [3.8, 4) is 0 Å². The normalized spacial score (nSPS) is 18.4. The summed E-state index contributed by atoms with van der Waals surface area (Å²) < 4.78 is 2.13.